The van der Waals surface area contributed by atoms with E-state index in [-0.39, 0.29) is 17.3 Å². The molecule has 9 nitrogen and oxygen atoms in total. The van der Waals surface area contributed by atoms with Gasteiger partial charge in [0.05, 0.1) is 29.4 Å². The maximum absolute atomic E-state index is 14.0. The van der Waals surface area contributed by atoms with Crippen molar-refractivity contribution in [2.24, 2.45) is 0 Å². The van der Waals surface area contributed by atoms with Gasteiger partial charge in [0.15, 0.2) is 6.10 Å². The van der Waals surface area contributed by atoms with Crippen LogP contribution in [-0.4, -0.2) is 58.1 Å². The molecular formula is C22H23F4N5O4S. The molecule has 194 valence electrons. The molecule has 1 unspecified atom stereocenters. The number of hydrogen-bond donors (Lipinski definition) is 3. The largest absolute Gasteiger partial charge is 0.496 e. The van der Waals surface area contributed by atoms with Crippen LogP contribution >= 0.6 is 0 Å². The molecule has 36 heavy (non-hydrogen) atoms. The van der Waals surface area contributed by atoms with Crippen LogP contribution in [0.5, 0.6) is 11.5 Å². The van der Waals surface area contributed by atoms with E-state index in [1.807, 2.05) is 0 Å². The Labute approximate surface area is 204 Å². The molecule has 0 saturated heterocycles. The molecule has 0 aliphatic rings. The van der Waals surface area contributed by atoms with E-state index >= 15 is 0 Å². The summed E-state index contributed by atoms with van der Waals surface area (Å²) in [5.74, 6) is 2.21. The summed E-state index contributed by atoms with van der Waals surface area (Å²) >= 11 is 0. The lowest BCUT2D eigenvalue weighted by Gasteiger charge is -2.19. The maximum Gasteiger partial charge on any atom is 0.405 e. The molecule has 0 spiro atoms. The van der Waals surface area contributed by atoms with Gasteiger partial charge < -0.3 is 24.8 Å². The summed E-state index contributed by atoms with van der Waals surface area (Å²) in [6, 6.07) is 6.59. The lowest BCUT2D eigenvalue weighted by molar-refractivity contribution is -0.142. The number of anilines is 3. The zero-order valence-electron chi connectivity index (χ0n) is 19.4. The number of carbonyl (C=O) groups excluding carboxylic acids is 1. The SMILES string of the molecule is C=S(C)(=O)Nc1cc(OC)c2c(Nc3ccc(F)cc3O[C@H](C)C(=O)NCC(F)(F)F)ncnc2c1. The van der Waals surface area contributed by atoms with Crippen molar-refractivity contribution in [3.63, 3.8) is 0 Å². The Bertz CT molecular complexity index is 1380. The van der Waals surface area contributed by atoms with Crippen LogP contribution in [0.2, 0.25) is 0 Å². The molecule has 0 fully saturated rings. The first-order chi connectivity index (χ1) is 16.8. The number of alkyl halides is 3. The third kappa shape index (κ3) is 7.10. The van der Waals surface area contributed by atoms with Crippen LogP contribution < -0.4 is 24.8 Å². The Morgan fingerprint density at radius 1 is 1.19 bits per heavy atom. The van der Waals surface area contributed by atoms with Crippen molar-refractivity contribution < 1.29 is 36.0 Å². The van der Waals surface area contributed by atoms with Gasteiger partial charge in [0.2, 0.25) is 0 Å². The fourth-order valence-corrected chi connectivity index (χ4v) is 3.73. The number of nitrogens with one attached hydrogen (secondary N) is 3. The van der Waals surface area contributed by atoms with E-state index in [4.69, 9.17) is 9.47 Å². The number of carbonyl (C=O) groups is 1. The Kier molecular flexibility index (Phi) is 7.77. The molecule has 1 aromatic heterocycles. The van der Waals surface area contributed by atoms with Crippen molar-refractivity contribution >= 4 is 49.6 Å². The Hall–Kier alpha value is -3.81. The molecular weight excluding hydrogens is 506 g/mol. The molecule has 3 N–H and O–H groups in total. The highest BCUT2D eigenvalue weighted by Gasteiger charge is 2.29. The Morgan fingerprint density at radius 3 is 2.56 bits per heavy atom. The molecule has 2 aromatic carbocycles. The van der Waals surface area contributed by atoms with E-state index in [0.717, 1.165) is 12.1 Å². The van der Waals surface area contributed by atoms with Crippen LogP contribution in [0.15, 0.2) is 36.7 Å². The van der Waals surface area contributed by atoms with Crippen molar-refractivity contribution in [2.45, 2.75) is 19.2 Å². The highest BCUT2D eigenvalue weighted by atomic mass is 32.2. The molecule has 0 bridgehead atoms. The number of amides is 1. The van der Waals surface area contributed by atoms with E-state index in [9.17, 15) is 26.6 Å². The number of methoxy groups -OCH3 is 1. The summed E-state index contributed by atoms with van der Waals surface area (Å²) in [5.41, 5.74) is 1.02. The summed E-state index contributed by atoms with van der Waals surface area (Å²) in [6.45, 7) is -0.301. The van der Waals surface area contributed by atoms with Gasteiger partial charge in [-0.1, -0.05) is 0 Å². The molecule has 0 aliphatic heterocycles. The van der Waals surface area contributed by atoms with Gasteiger partial charge in [0.25, 0.3) is 5.91 Å². The Balaban J connectivity index is 1.94. The number of nitrogens with zero attached hydrogens (tertiary/aromatic N) is 2. The van der Waals surface area contributed by atoms with Crippen LogP contribution in [0.25, 0.3) is 10.9 Å². The van der Waals surface area contributed by atoms with Gasteiger partial charge in [0.1, 0.15) is 36.0 Å². The molecule has 0 aliphatic carbocycles. The van der Waals surface area contributed by atoms with E-state index in [1.54, 1.807) is 17.4 Å². The summed E-state index contributed by atoms with van der Waals surface area (Å²) in [4.78, 5) is 20.4. The fourth-order valence-electron chi connectivity index (χ4n) is 3.12. The van der Waals surface area contributed by atoms with Gasteiger partial charge in [0, 0.05) is 28.1 Å². The quantitative estimate of drug-likeness (QED) is 0.287. The van der Waals surface area contributed by atoms with Crippen molar-refractivity contribution in [1.82, 2.24) is 15.3 Å². The standard InChI is InChI=1S/C22H23F4N5O4S/c1-12(21(32)27-10-22(24,25)26)35-17-7-13(23)5-6-15(17)30-20-19-16(28-11-29-20)8-14(9-18(19)34-2)31-36(3,4)33/h5-9,11-12H,3,10H2,1-2,4H3,(H,27,32)(H,31,33)(H,28,29,30)/t12-,36?/m1/s1. The lowest BCUT2D eigenvalue weighted by Crippen LogP contribution is -2.41. The number of ether oxygens (including phenoxy) is 2. The lowest BCUT2D eigenvalue weighted by atomic mass is 10.2. The van der Waals surface area contributed by atoms with Gasteiger partial charge in [-0.2, -0.15) is 13.2 Å². The molecule has 3 rings (SSSR count). The van der Waals surface area contributed by atoms with Crippen LogP contribution in [0, 0.1) is 5.82 Å². The number of fused-ring (bicyclic) bond motifs is 1. The minimum absolute atomic E-state index is 0.142. The van der Waals surface area contributed by atoms with Gasteiger partial charge in [-0.15, -0.1) is 0 Å². The van der Waals surface area contributed by atoms with Crippen LogP contribution in [0.4, 0.5) is 34.8 Å². The topological polar surface area (TPSA) is 114 Å². The van der Waals surface area contributed by atoms with Gasteiger partial charge in [-0.25, -0.2) is 18.6 Å². The smallest absolute Gasteiger partial charge is 0.405 e. The number of rotatable bonds is 9. The fraction of sp³-hybridized carbons (Fsp3) is 0.273. The van der Waals surface area contributed by atoms with Crippen molar-refractivity contribution in [3.05, 3.63) is 42.5 Å². The number of halogens is 4. The average Bonchev–Trinajstić information content (AvgIpc) is 2.77. The van der Waals surface area contributed by atoms with E-state index in [1.165, 1.54) is 32.7 Å². The second kappa shape index (κ2) is 10.4. The number of hydrogen-bond acceptors (Lipinski definition) is 7. The highest BCUT2D eigenvalue weighted by Crippen LogP contribution is 2.37. The second-order valence-electron chi connectivity index (χ2n) is 7.76. The monoisotopic (exact) mass is 529 g/mol. The zero-order chi connectivity index (χ0) is 26.7. The predicted octanol–water partition coefficient (Wildman–Crippen LogP) is 3.64. The third-order valence-electron chi connectivity index (χ3n) is 4.59. The van der Waals surface area contributed by atoms with Gasteiger partial charge in [-0.3, -0.25) is 4.79 Å². The first-order valence-corrected chi connectivity index (χ1v) is 12.4. The molecule has 14 heteroatoms. The van der Waals surface area contributed by atoms with E-state index in [2.05, 4.69) is 25.9 Å². The van der Waals surface area contributed by atoms with Gasteiger partial charge in [-0.05, 0) is 31.0 Å². The van der Waals surface area contributed by atoms with E-state index in [0.29, 0.717) is 22.3 Å². The van der Waals surface area contributed by atoms with Gasteiger partial charge >= 0.3 is 6.18 Å². The zero-order valence-corrected chi connectivity index (χ0v) is 20.2. The van der Waals surface area contributed by atoms with Crippen LogP contribution in [0.3, 0.4) is 0 Å². The maximum atomic E-state index is 14.0. The summed E-state index contributed by atoms with van der Waals surface area (Å²) < 4.78 is 76.9. The molecule has 0 saturated carbocycles. The summed E-state index contributed by atoms with van der Waals surface area (Å²) in [5, 5.41) is 5.10. The minimum atomic E-state index is -4.59. The van der Waals surface area contributed by atoms with Crippen molar-refractivity contribution in [1.29, 1.82) is 0 Å². The first-order valence-electron chi connectivity index (χ1n) is 10.3. The molecule has 1 amide bonds. The first kappa shape index (κ1) is 26.8. The van der Waals surface area contributed by atoms with Crippen molar-refractivity contribution in [2.75, 3.05) is 29.9 Å². The van der Waals surface area contributed by atoms with E-state index < -0.39 is 40.3 Å². The summed E-state index contributed by atoms with van der Waals surface area (Å²) in [6.07, 6.45) is -3.29. The molecule has 1 heterocycles. The Morgan fingerprint density at radius 2 is 1.92 bits per heavy atom. The van der Waals surface area contributed by atoms with Crippen molar-refractivity contribution in [3.8, 4) is 11.5 Å². The molecule has 3 aromatic rings. The minimum Gasteiger partial charge on any atom is -0.496 e. The highest BCUT2D eigenvalue weighted by molar-refractivity contribution is 8.00. The molecule has 2 atom stereocenters. The van der Waals surface area contributed by atoms with Crippen LogP contribution in [-0.2, 0) is 14.5 Å². The normalized spacial score (nSPS) is 14.0. The second-order valence-corrected chi connectivity index (χ2v) is 9.97. The third-order valence-corrected chi connectivity index (χ3v) is 5.26. The average molecular weight is 530 g/mol. The number of benzene rings is 2. The summed E-state index contributed by atoms with van der Waals surface area (Å²) in [7, 11) is -1.17. The number of aromatic nitrogens is 2. The van der Waals surface area contributed by atoms with Crippen LogP contribution in [0.1, 0.15) is 6.92 Å². The molecule has 0 radical (unpaired) electrons. The predicted molar refractivity (Wildman–Crippen MR) is 130 cm³/mol.